The van der Waals surface area contributed by atoms with Crippen LogP contribution < -0.4 is 5.32 Å². The Bertz CT molecular complexity index is 531. The van der Waals surface area contributed by atoms with Crippen molar-refractivity contribution in [1.82, 2.24) is 4.98 Å². The van der Waals surface area contributed by atoms with Gasteiger partial charge < -0.3 is 5.32 Å². The van der Waals surface area contributed by atoms with Gasteiger partial charge in [-0.15, -0.1) is 0 Å². The van der Waals surface area contributed by atoms with Crippen LogP contribution in [0.4, 0.5) is 5.13 Å². The lowest BCUT2D eigenvalue weighted by molar-refractivity contribution is 0.610. The van der Waals surface area contributed by atoms with Gasteiger partial charge in [-0.2, -0.15) is 0 Å². The summed E-state index contributed by atoms with van der Waals surface area (Å²) in [6.45, 7) is 3.37. The summed E-state index contributed by atoms with van der Waals surface area (Å²) in [4.78, 5) is 4.58. The van der Waals surface area contributed by atoms with E-state index in [9.17, 15) is 0 Å². The number of rotatable bonds is 3. The maximum Gasteiger partial charge on any atom is 0.183 e. The zero-order chi connectivity index (χ0) is 11.2. The second-order valence-corrected chi connectivity index (χ2v) is 6.74. The molecular formula is C12H13BrN2S. The molecule has 0 saturated heterocycles. The zero-order valence-electron chi connectivity index (χ0n) is 9.09. The molecule has 0 spiro atoms. The molecule has 2 nitrogen and oxygen atoms in total. The molecule has 1 aromatic carbocycles. The number of benzene rings is 1. The van der Waals surface area contributed by atoms with Crippen LogP contribution in [0, 0.1) is 5.41 Å². The quantitative estimate of drug-likeness (QED) is 0.915. The molecule has 84 valence electrons. The van der Waals surface area contributed by atoms with Gasteiger partial charge >= 0.3 is 0 Å². The largest absolute Gasteiger partial charge is 0.361 e. The minimum absolute atomic E-state index is 0.526. The van der Waals surface area contributed by atoms with E-state index in [2.05, 4.69) is 51.4 Å². The molecule has 0 atom stereocenters. The predicted octanol–water partition coefficient (Wildman–Crippen LogP) is 4.27. The predicted molar refractivity (Wildman–Crippen MR) is 73.2 cm³/mol. The van der Waals surface area contributed by atoms with E-state index < -0.39 is 0 Å². The molecule has 1 saturated carbocycles. The standard InChI is InChI=1S/C12H13BrN2S/c1-12(4-5-12)7-14-11-15-9-6-8(13)2-3-10(9)16-11/h2-3,6H,4-5,7H2,1H3,(H,14,15). The molecule has 1 fully saturated rings. The van der Waals surface area contributed by atoms with Gasteiger partial charge in [0.1, 0.15) is 0 Å². The number of nitrogens with one attached hydrogen (secondary N) is 1. The third kappa shape index (κ3) is 2.09. The lowest BCUT2D eigenvalue weighted by Crippen LogP contribution is -2.11. The number of thiazole rings is 1. The van der Waals surface area contributed by atoms with Crippen molar-refractivity contribution in [3.63, 3.8) is 0 Å². The Hall–Kier alpha value is -0.610. The van der Waals surface area contributed by atoms with Crippen molar-refractivity contribution in [3.8, 4) is 0 Å². The van der Waals surface area contributed by atoms with Gasteiger partial charge in [0.25, 0.3) is 0 Å². The van der Waals surface area contributed by atoms with Crippen LogP contribution in [-0.4, -0.2) is 11.5 Å². The fourth-order valence-corrected chi connectivity index (χ4v) is 2.85. The smallest absolute Gasteiger partial charge is 0.183 e. The number of hydrogen-bond acceptors (Lipinski definition) is 3. The van der Waals surface area contributed by atoms with Crippen LogP contribution in [0.3, 0.4) is 0 Å². The number of anilines is 1. The number of fused-ring (bicyclic) bond motifs is 1. The lowest BCUT2D eigenvalue weighted by atomic mass is 10.1. The Kier molecular flexibility index (Phi) is 2.44. The van der Waals surface area contributed by atoms with Crippen LogP contribution in [0.5, 0.6) is 0 Å². The first kappa shape index (κ1) is 10.5. The Morgan fingerprint density at radius 2 is 2.31 bits per heavy atom. The second kappa shape index (κ2) is 3.70. The molecule has 1 aromatic heterocycles. The molecule has 0 amide bonds. The van der Waals surface area contributed by atoms with E-state index in [4.69, 9.17) is 0 Å². The van der Waals surface area contributed by atoms with Crippen molar-refractivity contribution in [3.05, 3.63) is 22.7 Å². The zero-order valence-corrected chi connectivity index (χ0v) is 11.5. The first-order valence-corrected chi connectivity index (χ1v) is 7.06. The topological polar surface area (TPSA) is 24.9 Å². The summed E-state index contributed by atoms with van der Waals surface area (Å²) < 4.78 is 2.33. The van der Waals surface area contributed by atoms with Crippen molar-refractivity contribution >= 4 is 42.6 Å². The number of hydrogen-bond donors (Lipinski definition) is 1. The summed E-state index contributed by atoms with van der Waals surface area (Å²) >= 11 is 5.20. The SMILES string of the molecule is CC1(CNc2nc3cc(Br)ccc3s2)CC1. The highest BCUT2D eigenvalue weighted by atomic mass is 79.9. The fourth-order valence-electron chi connectivity index (χ4n) is 1.66. The minimum atomic E-state index is 0.526. The van der Waals surface area contributed by atoms with Gasteiger partial charge in [-0.1, -0.05) is 34.2 Å². The van der Waals surface area contributed by atoms with Gasteiger partial charge in [0, 0.05) is 11.0 Å². The normalized spacial score (nSPS) is 17.6. The second-order valence-electron chi connectivity index (χ2n) is 4.80. The van der Waals surface area contributed by atoms with E-state index in [1.165, 1.54) is 17.5 Å². The molecule has 16 heavy (non-hydrogen) atoms. The number of aromatic nitrogens is 1. The van der Waals surface area contributed by atoms with Gasteiger partial charge in [0.15, 0.2) is 5.13 Å². The molecule has 1 aliphatic rings. The Morgan fingerprint density at radius 1 is 1.50 bits per heavy atom. The fraction of sp³-hybridized carbons (Fsp3) is 0.417. The van der Waals surface area contributed by atoms with E-state index in [0.717, 1.165) is 21.7 Å². The van der Waals surface area contributed by atoms with E-state index in [0.29, 0.717) is 5.41 Å². The molecule has 1 aliphatic carbocycles. The Morgan fingerprint density at radius 3 is 3.06 bits per heavy atom. The maximum absolute atomic E-state index is 4.58. The van der Waals surface area contributed by atoms with Crippen LogP contribution in [0.2, 0.25) is 0 Å². The maximum atomic E-state index is 4.58. The summed E-state index contributed by atoms with van der Waals surface area (Å²) in [7, 11) is 0. The Labute approximate surface area is 107 Å². The van der Waals surface area contributed by atoms with Gasteiger partial charge in [0.05, 0.1) is 10.2 Å². The number of nitrogens with zero attached hydrogens (tertiary/aromatic N) is 1. The van der Waals surface area contributed by atoms with Crippen molar-refractivity contribution in [2.24, 2.45) is 5.41 Å². The van der Waals surface area contributed by atoms with E-state index in [1.54, 1.807) is 11.3 Å². The van der Waals surface area contributed by atoms with E-state index in [-0.39, 0.29) is 0 Å². The van der Waals surface area contributed by atoms with Crippen LogP contribution in [0.1, 0.15) is 19.8 Å². The van der Waals surface area contributed by atoms with Crippen molar-refractivity contribution in [2.75, 3.05) is 11.9 Å². The molecule has 1 heterocycles. The van der Waals surface area contributed by atoms with Gasteiger partial charge in [0.2, 0.25) is 0 Å². The molecule has 0 aliphatic heterocycles. The first-order valence-electron chi connectivity index (χ1n) is 5.45. The van der Waals surface area contributed by atoms with E-state index in [1.807, 2.05) is 0 Å². The van der Waals surface area contributed by atoms with Gasteiger partial charge in [-0.05, 0) is 36.5 Å². The molecule has 4 heteroatoms. The minimum Gasteiger partial charge on any atom is -0.361 e. The van der Waals surface area contributed by atoms with Gasteiger partial charge in [-0.25, -0.2) is 4.98 Å². The monoisotopic (exact) mass is 296 g/mol. The summed E-state index contributed by atoms with van der Waals surface area (Å²) in [5.41, 5.74) is 1.60. The molecule has 3 rings (SSSR count). The number of halogens is 1. The summed E-state index contributed by atoms with van der Waals surface area (Å²) in [5, 5.41) is 4.49. The van der Waals surface area contributed by atoms with Crippen LogP contribution >= 0.6 is 27.3 Å². The van der Waals surface area contributed by atoms with Crippen molar-refractivity contribution < 1.29 is 0 Å². The average molecular weight is 297 g/mol. The molecule has 0 unspecified atom stereocenters. The molecule has 2 aromatic rings. The summed E-state index contributed by atoms with van der Waals surface area (Å²) in [5.74, 6) is 0. The van der Waals surface area contributed by atoms with Gasteiger partial charge in [-0.3, -0.25) is 0 Å². The Balaban J connectivity index is 1.82. The lowest BCUT2D eigenvalue weighted by Gasteiger charge is -2.07. The third-order valence-electron chi connectivity index (χ3n) is 3.12. The molecular weight excluding hydrogens is 284 g/mol. The highest BCUT2D eigenvalue weighted by Gasteiger charge is 2.36. The molecule has 1 N–H and O–H groups in total. The first-order chi connectivity index (χ1) is 7.65. The molecule has 0 bridgehead atoms. The summed E-state index contributed by atoms with van der Waals surface area (Å²) in [6.07, 6.45) is 2.69. The molecule has 0 radical (unpaired) electrons. The third-order valence-corrected chi connectivity index (χ3v) is 4.61. The van der Waals surface area contributed by atoms with Crippen molar-refractivity contribution in [1.29, 1.82) is 0 Å². The van der Waals surface area contributed by atoms with Crippen molar-refractivity contribution in [2.45, 2.75) is 19.8 Å². The van der Waals surface area contributed by atoms with Crippen LogP contribution in [-0.2, 0) is 0 Å². The highest BCUT2D eigenvalue weighted by molar-refractivity contribution is 9.10. The van der Waals surface area contributed by atoms with Crippen LogP contribution in [0.15, 0.2) is 22.7 Å². The van der Waals surface area contributed by atoms with E-state index >= 15 is 0 Å². The highest BCUT2D eigenvalue weighted by Crippen LogP contribution is 2.45. The summed E-state index contributed by atoms with van der Waals surface area (Å²) in [6, 6.07) is 6.24. The average Bonchev–Trinajstić information content (AvgIpc) is 2.85. The van der Waals surface area contributed by atoms with Crippen LogP contribution in [0.25, 0.3) is 10.2 Å².